The molecule has 0 aliphatic carbocycles. The van der Waals surface area contributed by atoms with Gasteiger partial charge in [-0.3, -0.25) is 14.5 Å². The van der Waals surface area contributed by atoms with E-state index in [9.17, 15) is 18.5 Å². The number of pyridine rings is 1. The fourth-order valence-corrected chi connectivity index (χ4v) is 5.69. The normalized spacial score (nSPS) is 12.5. The van der Waals surface area contributed by atoms with Crippen LogP contribution >= 0.6 is 0 Å². The molecule has 0 spiro atoms. The number of hydrogen-bond acceptors (Lipinski definition) is 7. The van der Waals surface area contributed by atoms with Crippen LogP contribution in [0.4, 0.5) is 11.5 Å². The average Bonchev–Trinajstić information content (AvgIpc) is 3.14. The summed E-state index contributed by atoms with van der Waals surface area (Å²) in [6, 6.07) is 15.3. The molecule has 0 aliphatic rings. The Morgan fingerprint density at radius 1 is 1.03 bits per heavy atom. The van der Waals surface area contributed by atoms with E-state index in [4.69, 9.17) is 9.17 Å². The van der Waals surface area contributed by atoms with Crippen LogP contribution in [0.2, 0.25) is 0 Å². The van der Waals surface area contributed by atoms with Gasteiger partial charge in [0.05, 0.1) is 4.92 Å². The van der Waals surface area contributed by atoms with Gasteiger partial charge < -0.3 is 9.50 Å². The number of aryl methyl sites for hydroxylation is 1. The second kappa shape index (κ2) is 9.75. The zero-order chi connectivity index (χ0) is 27.9. The molecule has 2 heterocycles. The van der Waals surface area contributed by atoms with Gasteiger partial charge in [0, 0.05) is 29.4 Å². The third-order valence-electron chi connectivity index (χ3n) is 5.86. The molecule has 2 aromatic heterocycles. The second-order valence-electron chi connectivity index (χ2n) is 11.3. The van der Waals surface area contributed by atoms with Crippen molar-refractivity contribution in [1.82, 2.24) is 9.38 Å². The van der Waals surface area contributed by atoms with Crippen LogP contribution < -0.4 is 9.50 Å². The quantitative estimate of drug-likeness (QED) is 0.153. The van der Waals surface area contributed by atoms with Gasteiger partial charge in [0.1, 0.15) is 27.8 Å². The number of hydrogen-bond donors (Lipinski definition) is 1. The molecule has 38 heavy (non-hydrogen) atoms. The molecule has 0 saturated heterocycles. The van der Waals surface area contributed by atoms with E-state index in [2.05, 4.69) is 39.9 Å². The van der Waals surface area contributed by atoms with Crippen LogP contribution in [-0.2, 0) is 10.1 Å². The Morgan fingerprint density at radius 2 is 1.71 bits per heavy atom. The van der Waals surface area contributed by atoms with Gasteiger partial charge in [-0.25, -0.2) is 4.98 Å². The van der Waals surface area contributed by atoms with Crippen LogP contribution in [0.3, 0.4) is 0 Å². The van der Waals surface area contributed by atoms with Gasteiger partial charge in [-0.2, -0.15) is 8.42 Å². The summed E-state index contributed by atoms with van der Waals surface area (Å²) in [6.45, 7) is 12.9. The number of aromatic nitrogens is 2. The van der Waals surface area contributed by atoms with Gasteiger partial charge in [-0.1, -0.05) is 32.9 Å². The standard InChI is InChI=1S/C28H32N4O5S/c1-19-14-15-31-24(16-19)29-25(26(31)30-28(5,6)18-27(2,3)4)20-8-7-9-22(17-20)37-38(35,36)23-12-10-21(11-13-23)32(33)34/h7-17,30H,18H2,1-6H3. The summed E-state index contributed by atoms with van der Waals surface area (Å²) in [5.41, 5.74) is 2.80. The summed E-state index contributed by atoms with van der Waals surface area (Å²) < 4.78 is 33.1. The molecule has 1 N–H and O–H groups in total. The number of benzene rings is 2. The highest BCUT2D eigenvalue weighted by Gasteiger charge is 2.28. The van der Waals surface area contributed by atoms with E-state index < -0.39 is 15.0 Å². The smallest absolute Gasteiger partial charge is 0.339 e. The third-order valence-corrected chi connectivity index (χ3v) is 7.12. The fraction of sp³-hybridized carbons (Fsp3) is 0.321. The fourth-order valence-electron chi connectivity index (χ4n) is 4.76. The summed E-state index contributed by atoms with van der Waals surface area (Å²) >= 11 is 0. The molecular weight excluding hydrogens is 504 g/mol. The van der Waals surface area contributed by atoms with E-state index in [0.717, 1.165) is 47.7 Å². The van der Waals surface area contributed by atoms with Crippen LogP contribution in [0.15, 0.2) is 71.8 Å². The summed E-state index contributed by atoms with van der Waals surface area (Å²) in [7, 11) is -4.21. The first-order chi connectivity index (χ1) is 17.6. The summed E-state index contributed by atoms with van der Waals surface area (Å²) in [5, 5.41) is 14.6. The molecule has 9 nitrogen and oxygen atoms in total. The zero-order valence-electron chi connectivity index (χ0n) is 22.3. The number of nitrogens with one attached hydrogen (secondary N) is 1. The highest BCUT2D eigenvalue weighted by molar-refractivity contribution is 7.87. The van der Waals surface area contributed by atoms with Crippen molar-refractivity contribution in [3.8, 4) is 17.0 Å². The number of fused-ring (bicyclic) bond motifs is 1. The van der Waals surface area contributed by atoms with Crippen molar-refractivity contribution in [2.75, 3.05) is 5.32 Å². The Morgan fingerprint density at radius 3 is 2.34 bits per heavy atom. The van der Waals surface area contributed by atoms with Crippen molar-refractivity contribution in [1.29, 1.82) is 0 Å². The van der Waals surface area contributed by atoms with Gasteiger partial charge in [0.15, 0.2) is 0 Å². The molecule has 0 fully saturated rings. The minimum absolute atomic E-state index is 0.0910. The number of nitro groups is 1. The molecule has 4 rings (SSSR count). The molecule has 10 heteroatoms. The van der Waals surface area contributed by atoms with Crippen molar-refractivity contribution in [2.24, 2.45) is 5.41 Å². The molecular formula is C28H32N4O5S. The molecule has 0 radical (unpaired) electrons. The maximum Gasteiger partial charge on any atom is 0.339 e. The van der Waals surface area contributed by atoms with E-state index >= 15 is 0 Å². The van der Waals surface area contributed by atoms with E-state index in [-0.39, 0.29) is 27.3 Å². The lowest BCUT2D eigenvalue weighted by atomic mass is 9.82. The van der Waals surface area contributed by atoms with Crippen molar-refractivity contribution in [2.45, 2.75) is 58.4 Å². The minimum Gasteiger partial charge on any atom is -0.379 e. The Bertz CT molecular complexity index is 1600. The lowest BCUT2D eigenvalue weighted by molar-refractivity contribution is -0.384. The molecule has 0 atom stereocenters. The first-order valence-electron chi connectivity index (χ1n) is 12.2. The average molecular weight is 537 g/mol. The number of rotatable bonds is 8. The van der Waals surface area contributed by atoms with Crippen molar-refractivity contribution in [3.63, 3.8) is 0 Å². The number of anilines is 1. The Hall–Kier alpha value is -3.92. The lowest BCUT2D eigenvalue weighted by Gasteiger charge is -2.34. The molecule has 0 bridgehead atoms. The van der Waals surface area contributed by atoms with Crippen molar-refractivity contribution < 1.29 is 17.5 Å². The molecule has 200 valence electrons. The summed E-state index contributed by atoms with van der Waals surface area (Å²) in [5.74, 6) is 0.901. The van der Waals surface area contributed by atoms with Gasteiger partial charge in [0.25, 0.3) is 5.69 Å². The Balaban J connectivity index is 1.73. The van der Waals surface area contributed by atoms with Crippen molar-refractivity contribution in [3.05, 3.63) is 82.5 Å². The highest BCUT2D eigenvalue weighted by atomic mass is 32.2. The Kier molecular flexibility index (Phi) is 6.96. The van der Waals surface area contributed by atoms with Crippen LogP contribution in [0.1, 0.15) is 46.6 Å². The second-order valence-corrected chi connectivity index (χ2v) is 12.9. The lowest BCUT2D eigenvalue weighted by Crippen LogP contribution is -2.36. The largest absolute Gasteiger partial charge is 0.379 e. The number of imidazole rings is 1. The number of non-ortho nitro benzene ring substituents is 1. The molecule has 4 aromatic rings. The van der Waals surface area contributed by atoms with E-state index in [1.54, 1.807) is 18.2 Å². The molecule has 0 amide bonds. The van der Waals surface area contributed by atoms with Crippen LogP contribution in [0, 0.1) is 22.5 Å². The van der Waals surface area contributed by atoms with Gasteiger partial charge in [-0.15, -0.1) is 0 Å². The minimum atomic E-state index is -4.21. The first kappa shape index (κ1) is 27.1. The number of nitro benzene ring substituents is 1. The van der Waals surface area contributed by atoms with Crippen LogP contribution in [-0.4, -0.2) is 28.3 Å². The molecule has 0 unspecified atom stereocenters. The first-order valence-corrected chi connectivity index (χ1v) is 13.6. The number of nitrogens with zero attached hydrogens (tertiary/aromatic N) is 3. The maximum absolute atomic E-state index is 12.9. The highest BCUT2D eigenvalue weighted by Crippen LogP contribution is 2.36. The van der Waals surface area contributed by atoms with Crippen LogP contribution in [0.25, 0.3) is 16.9 Å². The maximum atomic E-state index is 12.9. The molecule has 0 saturated carbocycles. The summed E-state index contributed by atoms with van der Waals surface area (Å²) in [4.78, 5) is 15.0. The SMILES string of the molecule is Cc1ccn2c(NC(C)(C)CC(C)(C)C)c(-c3cccc(OS(=O)(=O)c4ccc([N+](=O)[O-])cc4)c3)nc2c1. The van der Waals surface area contributed by atoms with Crippen molar-refractivity contribution >= 4 is 27.3 Å². The molecule has 0 aliphatic heterocycles. The summed E-state index contributed by atoms with van der Waals surface area (Å²) in [6.07, 6.45) is 2.87. The Labute approximate surface area is 222 Å². The zero-order valence-corrected chi connectivity index (χ0v) is 23.2. The monoisotopic (exact) mass is 536 g/mol. The van der Waals surface area contributed by atoms with E-state index in [1.165, 1.54) is 0 Å². The predicted molar refractivity (Wildman–Crippen MR) is 148 cm³/mol. The third kappa shape index (κ3) is 6.13. The van der Waals surface area contributed by atoms with Gasteiger partial charge >= 0.3 is 10.1 Å². The predicted octanol–water partition coefficient (Wildman–Crippen LogP) is 6.61. The molecule has 2 aromatic carbocycles. The van der Waals surface area contributed by atoms with E-state index in [1.807, 2.05) is 35.7 Å². The van der Waals surface area contributed by atoms with Crippen LogP contribution in [0.5, 0.6) is 5.75 Å². The topological polar surface area (TPSA) is 116 Å². The van der Waals surface area contributed by atoms with Gasteiger partial charge in [0.2, 0.25) is 0 Å². The van der Waals surface area contributed by atoms with E-state index in [0.29, 0.717) is 11.3 Å². The van der Waals surface area contributed by atoms with Gasteiger partial charge in [-0.05, 0) is 74.6 Å².